The van der Waals surface area contributed by atoms with Gasteiger partial charge < -0.3 is 23.0 Å². The van der Waals surface area contributed by atoms with E-state index in [0.29, 0.717) is 18.7 Å². The van der Waals surface area contributed by atoms with Crippen LogP contribution in [0.4, 0.5) is 4.39 Å². The molecule has 0 N–H and O–H groups in total. The van der Waals surface area contributed by atoms with Crippen molar-refractivity contribution < 1.29 is 32.8 Å². The summed E-state index contributed by atoms with van der Waals surface area (Å²) in [5.41, 5.74) is 0.453. The zero-order chi connectivity index (χ0) is 17.1. The molecule has 0 saturated heterocycles. The summed E-state index contributed by atoms with van der Waals surface area (Å²) in [6, 6.07) is 3.63. The van der Waals surface area contributed by atoms with Crippen LogP contribution >= 0.6 is 0 Å². The van der Waals surface area contributed by atoms with Gasteiger partial charge >= 0.3 is 18.9 Å². The summed E-state index contributed by atoms with van der Waals surface area (Å²) in [4.78, 5) is 23.2. The first-order valence-electron chi connectivity index (χ1n) is 6.91. The van der Waals surface area contributed by atoms with Crippen LogP contribution in [-0.4, -0.2) is 30.2 Å². The third-order valence-electron chi connectivity index (χ3n) is 2.73. The van der Waals surface area contributed by atoms with Crippen LogP contribution in [0.5, 0.6) is 0 Å². The van der Waals surface area contributed by atoms with Gasteiger partial charge in [-0.2, -0.15) is 6.92 Å². The standard InChI is InChI=1S/C9H4FO.C9H17NO.Li/c1-2-7-3-4-9(10)5-8(7)6-11;1-5-7-10(6-2)9(11)8(3)4;/h1,3-5H;5,8H,2,6-7H2,1,3-4H3;/q-1;-2;+1. The minimum atomic E-state index is -0.484. The maximum atomic E-state index is 12.4. The van der Waals surface area contributed by atoms with Crippen LogP contribution in [0.25, 0.3) is 0 Å². The molecule has 0 aliphatic carbocycles. The monoisotopic (exact) mass is 309 g/mol. The topological polar surface area (TPSA) is 37.4 Å². The van der Waals surface area contributed by atoms with Crippen molar-refractivity contribution in [3.63, 3.8) is 0 Å². The molecule has 0 heterocycles. The van der Waals surface area contributed by atoms with Crippen molar-refractivity contribution >= 4 is 12.2 Å². The number of terminal acetylenes is 1. The molecule has 0 fully saturated rings. The van der Waals surface area contributed by atoms with Crippen LogP contribution in [0.3, 0.4) is 0 Å². The van der Waals surface area contributed by atoms with E-state index < -0.39 is 5.82 Å². The van der Waals surface area contributed by atoms with Crippen LogP contribution in [0.15, 0.2) is 18.2 Å². The fourth-order valence-electron chi connectivity index (χ4n) is 1.60. The summed E-state index contributed by atoms with van der Waals surface area (Å²) in [6.45, 7) is 10.7. The Morgan fingerprint density at radius 1 is 1.52 bits per heavy atom. The fourth-order valence-corrected chi connectivity index (χ4v) is 1.60. The third-order valence-corrected chi connectivity index (χ3v) is 2.73. The molecular weight excluding hydrogens is 288 g/mol. The second kappa shape index (κ2) is 12.9. The van der Waals surface area contributed by atoms with E-state index >= 15 is 0 Å². The summed E-state index contributed by atoms with van der Waals surface area (Å²) in [5, 5.41) is 0. The van der Waals surface area contributed by atoms with Crippen LogP contribution in [-0.2, 0) is 9.59 Å². The molecule has 1 amide bonds. The number of halogens is 1. The number of amides is 1. The van der Waals surface area contributed by atoms with E-state index in [0.717, 1.165) is 6.07 Å². The second-order valence-corrected chi connectivity index (χ2v) is 4.78. The molecule has 23 heavy (non-hydrogen) atoms. The van der Waals surface area contributed by atoms with Crippen molar-refractivity contribution in [3.05, 3.63) is 48.5 Å². The molecule has 1 rings (SSSR count). The van der Waals surface area contributed by atoms with Crippen molar-refractivity contribution in [2.75, 3.05) is 13.1 Å². The van der Waals surface area contributed by atoms with E-state index in [-0.39, 0.29) is 36.2 Å². The average Bonchev–Trinajstić information content (AvgIpc) is 2.52. The first kappa shape index (κ1) is 23.7. The number of carbonyl (C=O) groups excluding carboxylic acids is 2. The molecule has 3 nitrogen and oxygen atoms in total. The van der Waals surface area contributed by atoms with Crippen LogP contribution in [0.1, 0.15) is 31.9 Å². The molecule has 120 valence electrons. The van der Waals surface area contributed by atoms with Crippen LogP contribution in [0, 0.1) is 37.4 Å². The van der Waals surface area contributed by atoms with Gasteiger partial charge in [0.15, 0.2) is 0 Å². The predicted octanol–water partition coefficient (Wildman–Crippen LogP) is -0.202. The molecule has 0 radical (unpaired) electrons. The summed E-state index contributed by atoms with van der Waals surface area (Å²) >= 11 is 0. The largest absolute Gasteiger partial charge is 1.00 e. The number of nitrogens with zero attached hydrogens (tertiary/aromatic N) is 1. The van der Waals surface area contributed by atoms with Gasteiger partial charge in [-0.15, -0.1) is 43.1 Å². The minimum Gasteiger partial charge on any atom is -0.402 e. The Kier molecular flexibility index (Phi) is 13.3. The van der Waals surface area contributed by atoms with E-state index in [2.05, 4.69) is 12.8 Å². The van der Waals surface area contributed by atoms with Crippen molar-refractivity contribution in [1.29, 1.82) is 0 Å². The van der Waals surface area contributed by atoms with E-state index in [4.69, 9.17) is 6.42 Å². The number of hydrogen-bond donors (Lipinski definition) is 0. The van der Waals surface area contributed by atoms with E-state index in [1.54, 1.807) is 11.2 Å². The van der Waals surface area contributed by atoms with Gasteiger partial charge in [0.2, 0.25) is 5.91 Å². The number of carbonyl (C=O) groups is 1. The van der Waals surface area contributed by atoms with Gasteiger partial charge in [-0.1, -0.05) is 19.4 Å². The molecule has 1 aromatic rings. The first-order chi connectivity index (χ1) is 10.4. The summed E-state index contributed by atoms with van der Waals surface area (Å²) in [7, 11) is 0. The zero-order valence-corrected chi connectivity index (χ0v) is 14.2. The third kappa shape index (κ3) is 8.60. The maximum absolute atomic E-state index is 12.4. The number of benzene rings is 1. The van der Waals surface area contributed by atoms with Gasteiger partial charge in [-0.3, -0.25) is 4.79 Å². The molecule has 0 aliphatic heterocycles. The Balaban J connectivity index is 0. The molecular formula is C18H21FLiNO2-2. The number of hydrogen-bond acceptors (Lipinski definition) is 2. The zero-order valence-electron chi connectivity index (χ0n) is 14.2. The van der Waals surface area contributed by atoms with Crippen molar-refractivity contribution in [2.45, 2.75) is 20.8 Å². The molecule has 0 unspecified atom stereocenters. The van der Waals surface area contributed by atoms with Gasteiger partial charge in [-0.05, 0) is 6.07 Å². The molecule has 1 aromatic carbocycles. The van der Waals surface area contributed by atoms with E-state index in [9.17, 15) is 14.0 Å². The van der Waals surface area contributed by atoms with Gasteiger partial charge in [-0.25, -0.2) is 4.39 Å². The van der Waals surface area contributed by atoms with Gasteiger partial charge in [0, 0.05) is 5.92 Å². The minimum absolute atomic E-state index is 0. The summed E-state index contributed by atoms with van der Waals surface area (Å²) in [5.74, 6) is 2.02. The average molecular weight is 309 g/mol. The Morgan fingerprint density at radius 2 is 2.13 bits per heavy atom. The molecule has 0 aromatic heterocycles. The Morgan fingerprint density at radius 3 is 2.52 bits per heavy atom. The SMILES string of the molecule is C#Cc1ccc(F)cc1[C-]=O.[CH2-]CN(C[CH-]C)C(=O)C(C)C.[Li+]. The quantitative estimate of drug-likeness (QED) is 0.429. The molecule has 5 heteroatoms. The van der Waals surface area contributed by atoms with Crippen molar-refractivity contribution in [1.82, 2.24) is 4.90 Å². The first-order valence-corrected chi connectivity index (χ1v) is 6.91. The molecule has 0 spiro atoms. The fraction of sp³-hybridized carbons (Fsp3) is 0.333. The van der Waals surface area contributed by atoms with Gasteiger partial charge in [0.25, 0.3) is 0 Å². The smallest absolute Gasteiger partial charge is 0.402 e. The van der Waals surface area contributed by atoms with Crippen LogP contribution in [0.2, 0.25) is 0 Å². The van der Waals surface area contributed by atoms with Crippen molar-refractivity contribution in [3.8, 4) is 12.3 Å². The van der Waals surface area contributed by atoms with E-state index in [1.807, 2.05) is 27.2 Å². The summed E-state index contributed by atoms with van der Waals surface area (Å²) < 4.78 is 12.4. The number of rotatable bonds is 5. The van der Waals surface area contributed by atoms with Crippen LogP contribution < -0.4 is 18.9 Å². The molecule has 0 bridgehead atoms. The van der Waals surface area contributed by atoms with Gasteiger partial charge in [0.05, 0.1) is 12.1 Å². The summed E-state index contributed by atoms with van der Waals surface area (Å²) in [6.07, 6.45) is 8.54. The Hall–Kier alpha value is -1.55. The van der Waals surface area contributed by atoms with Gasteiger partial charge in [0.1, 0.15) is 0 Å². The molecule has 0 aliphatic rings. The predicted molar refractivity (Wildman–Crippen MR) is 85.9 cm³/mol. The Bertz CT molecular complexity index is 538. The molecule has 0 atom stereocenters. The van der Waals surface area contributed by atoms with Crippen molar-refractivity contribution in [2.24, 2.45) is 5.92 Å². The normalized spacial score (nSPS) is 9.09. The van der Waals surface area contributed by atoms with E-state index in [1.165, 1.54) is 12.1 Å². The molecule has 0 saturated carbocycles. The second-order valence-electron chi connectivity index (χ2n) is 4.78. The Labute approximate surface area is 150 Å². The maximum Gasteiger partial charge on any atom is 1.00 e.